The Morgan fingerprint density at radius 2 is 1.59 bits per heavy atom. The van der Waals surface area contributed by atoms with Crippen molar-refractivity contribution < 1.29 is 13.2 Å². The first-order chi connectivity index (χ1) is 17.6. The van der Waals surface area contributed by atoms with Crippen LogP contribution in [0.1, 0.15) is 42.3 Å². The molecule has 0 heterocycles. The lowest BCUT2D eigenvalue weighted by atomic mass is 10.00. The third kappa shape index (κ3) is 6.91. The largest absolute Gasteiger partial charge is 0.348 e. The number of carbonyl (C=O) groups is 1. The predicted octanol–water partition coefficient (Wildman–Crippen LogP) is 6.78. The molecule has 0 saturated carbocycles. The van der Waals surface area contributed by atoms with Gasteiger partial charge in [-0.05, 0) is 60.1 Å². The minimum atomic E-state index is -3.28. The third-order valence-corrected chi connectivity index (χ3v) is 8.55. The Kier molecular flexibility index (Phi) is 9.74. The fraction of sp³-hybridized carbons (Fsp3) is 0.286. The molecule has 1 amide bonds. The summed E-state index contributed by atoms with van der Waals surface area (Å²) >= 11 is 13.1. The summed E-state index contributed by atoms with van der Waals surface area (Å²) in [4.78, 5) is 19.0. The second-order valence-electron chi connectivity index (χ2n) is 8.46. The van der Waals surface area contributed by atoms with E-state index in [2.05, 4.69) is 28.9 Å². The monoisotopic (exact) mass is 557 g/mol. The summed E-state index contributed by atoms with van der Waals surface area (Å²) in [7, 11) is -3.28. The van der Waals surface area contributed by atoms with Gasteiger partial charge < -0.3 is 10.2 Å². The molecule has 0 aromatic heterocycles. The second kappa shape index (κ2) is 12.6. The molecule has 3 aromatic carbocycles. The van der Waals surface area contributed by atoms with Crippen molar-refractivity contribution >= 4 is 44.6 Å². The average Bonchev–Trinajstić information content (AvgIpc) is 2.90. The average molecular weight is 559 g/mol. The van der Waals surface area contributed by atoms with Gasteiger partial charge in [-0.3, -0.25) is 4.79 Å². The van der Waals surface area contributed by atoms with E-state index in [4.69, 9.17) is 29.8 Å². The molecule has 0 fully saturated rings. The van der Waals surface area contributed by atoms with E-state index in [1.54, 1.807) is 37.3 Å². The van der Waals surface area contributed by atoms with E-state index < -0.39 is 9.84 Å². The van der Waals surface area contributed by atoms with Crippen LogP contribution in [-0.2, 0) is 22.9 Å². The molecule has 37 heavy (non-hydrogen) atoms. The van der Waals surface area contributed by atoms with Crippen LogP contribution in [0.15, 0.2) is 59.5 Å². The van der Waals surface area contributed by atoms with E-state index >= 15 is 0 Å². The number of halogens is 2. The van der Waals surface area contributed by atoms with Crippen molar-refractivity contribution in [1.29, 1.82) is 0 Å². The van der Waals surface area contributed by atoms with Crippen molar-refractivity contribution in [2.45, 2.75) is 38.8 Å². The van der Waals surface area contributed by atoms with E-state index in [9.17, 15) is 13.2 Å². The highest BCUT2D eigenvalue weighted by Gasteiger charge is 2.17. The normalized spacial score (nSPS) is 11.4. The minimum absolute atomic E-state index is 0.0280. The first-order valence-electron chi connectivity index (χ1n) is 12.0. The van der Waals surface area contributed by atoms with Crippen molar-refractivity contribution in [2.75, 3.05) is 18.8 Å². The summed E-state index contributed by atoms with van der Waals surface area (Å²) in [6.45, 7) is 16.1. The lowest BCUT2D eigenvalue weighted by molar-refractivity contribution is 0.0951. The molecular formula is C28H29Cl2N3O3S. The highest BCUT2D eigenvalue weighted by Crippen LogP contribution is 2.38. The van der Waals surface area contributed by atoms with Crippen LogP contribution in [0, 0.1) is 6.57 Å². The van der Waals surface area contributed by atoms with Gasteiger partial charge in [-0.2, -0.15) is 0 Å². The van der Waals surface area contributed by atoms with Gasteiger partial charge in [0.1, 0.15) is 0 Å². The fourth-order valence-electron chi connectivity index (χ4n) is 3.89. The molecular weight excluding hydrogens is 529 g/mol. The van der Waals surface area contributed by atoms with E-state index in [-0.39, 0.29) is 23.1 Å². The zero-order chi connectivity index (χ0) is 27.2. The van der Waals surface area contributed by atoms with Gasteiger partial charge in [0, 0.05) is 24.2 Å². The van der Waals surface area contributed by atoms with Gasteiger partial charge in [0.05, 0.1) is 27.3 Å². The maximum absolute atomic E-state index is 12.8. The Labute approximate surface area is 229 Å². The summed E-state index contributed by atoms with van der Waals surface area (Å²) in [5.41, 5.74) is 3.80. The van der Waals surface area contributed by atoms with Gasteiger partial charge in [0.25, 0.3) is 5.91 Å². The molecule has 3 rings (SSSR count). The molecule has 0 spiro atoms. The summed E-state index contributed by atoms with van der Waals surface area (Å²) in [6, 6.07) is 15.1. The van der Waals surface area contributed by atoms with Crippen LogP contribution < -0.4 is 5.32 Å². The van der Waals surface area contributed by atoms with Crippen molar-refractivity contribution in [3.05, 3.63) is 92.8 Å². The van der Waals surface area contributed by atoms with Gasteiger partial charge >= 0.3 is 0 Å². The molecule has 0 atom stereocenters. The number of carbonyl (C=O) groups excluding carboxylic acids is 1. The Morgan fingerprint density at radius 1 is 0.973 bits per heavy atom. The quantitative estimate of drug-likeness (QED) is 0.279. The molecule has 194 valence electrons. The summed E-state index contributed by atoms with van der Waals surface area (Å²) in [6.07, 6.45) is 0. The molecule has 0 aliphatic heterocycles. The van der Waals surface area contributed by atoms with Crippen LogP contribution in [0.4, 0.5) is 5.69 Å². The number of hydrogen-bond donors (Lipinski definition) is 1. The van der Waals surface area contributed by atoms with Gasteiger partial charge in [-0.25, -0.2) is 13.3 Å². The Hall–Kier alpha value is -2.89. The van der Waals surface area contributed by atoms with Crippen LogP contribution >= 0.6 is 23.2 Å². The lowest BCUT2D eigenvalue weighted by Gasteiger charge is -2.19. The second-order valence-corrected chi connectivity index (χ2v) is 11.6. The molecule has 0 aliphatic carbocycles. The first kappa shape index (κ1) is 28.7. The van der Waals surface area contributed by atoms with Gasteiger partial charge in [0.15, 0.2) is 15.5 Å². The van der Waals surface area contributed by atoms with E-state index in [1.807, 2.05) is 12.1 Å². The third-order valence-electron chi connectivity index (χ3n) is 6.20. The van der Waals surface area contributed by atoms with E-state index in [0.29, 0.717) is 39.0 Å². The zero-order valence-corrected chi connectivity index (χ0v) is 23.3. The minimum Gasteiger partial charge on any atom is -0.348 e. The summed E-state index contributed by atoms with van der Waals surface area (Å²) < 4.78 is 23.9. The number of amides is 1. The number of benzene rings is 3. The first-order valence-corrected chi connectivity index (χ1v) is 14.4. The predicted molar refractivity (Wildman–Crippen MR) is 150 cm³/mol. The van der Waals surface area contributed by atoms with Crippen LogP contribution in [0.25, 0.3) is 16.0 Å². The van der Waals surface area contributed by atoms with Crippen molar-refractivity contribution in [2.24, 2.45) is 0 Å². The van der Waals surface area contributed by atoms with Crippen molar-refractivity contribution in [3.63, 3.8) is 0 Å². The lowest BCUT2D eigenvalue weighted by Crippen LogP contribution is -2.23. The molecule has 6 nitrogen and oxygen atoms in total. The zero-order valence-electron chi connectivity index (χ0n) is 21.0. The summed E-state index contributed by atoms with van der Waals surface area (Å²) in [5, 5.41) is 3.42. The van der Waals surface area contributed by atoms with E-state index in [0.717, 1.165) is 24.2 Å². The fourth-order valence-corrected chi connectivity index (χ4v) is 5.48. The smallest absolute Gasteiger partial charge is 0.251 e. The number of rotatable bonds is 10. The molecule has 0 unspecified atom stereocenters. The maximum Gasteiger partial charge on any atom is 0.251 e. The number of nitrogens with zero attached hydrogens (tertiary/aromatic N) is 2. The molecule has 1 N–H and O–H groups in total. The molecule has 9 heteroatoms. The topological polar surface area (TPSA) is 70.8 Å². The molecule has 0 bridgehead atoms. The van der Waals surface area contributed by atoms with Crippen molar-refractivity contribution in [3.8, 4) is 11.1 Å². The Morgan fingerprint density at radius 3 is 2.14 bits per heavy atom. The van der Waals surface area contributed by atoms with Crippen LogP contribution in [-0.4, -0.2) is 38.1 Å². The highest BCUT2D eigenvalue weighted by molar-refractivity contribution is 7.91. The summed E-state index contributed by atoms with van der Waals surface area (Å²) in [5.74, 6) is -0.336. The number of nitrogens with one attached hydrogen (secondary N) is 1. The highest BCUT2D eigenvalue weighted by atomic mass is 35.5. The van der Waals surface area contributed by atoms with Crippen LogP contribution in [0.3, 0.4) is 0 Å². The SMILES string of the molecule is [C-]#[N+]c1cc(-c2c(Cl)cc(C(=O)NCc3ccc(S(=O)(=O)CC)cc3)cc2Cl)ccc1CN(CC)CC. The number of hydrogen-bond acceptors (Lipinski definition) is 4. The molecule has 3 aromatic rings. The van der Waals surface area contributed by atoms with Crippen LogP contribution in [0.5, 0.6) is 0 Å². The van der Waals surface area contributed by atoms with Gasteiger partial charge in [0.2, 0.25) is 0 Å². The Balaban J connectivity index is 1.78. The standard InChI is InChI=1S/C28H29Cl2N3O3S/c1-5-33(6-2)18-21-11-10-20(16-26(21)31-4)27-24(29)14-22(15-25(27)30)28(34)32-17-19-8-12-23(13-9-19)37(35,36)7-3/h8-16H,5-7,17-18H2,1-3H3,(H,32,34). The molecule has 0 radical (unpaired) electrons. The van der Waals surface area contributed by atoms with E-state index in [1.165, 1.54) is 12.1 Å². The van der Waals surface area contributed by atoms with Crippen molar-refractivity contribution in [1.82, 2.24) is 10.2 Å². The Bertz CT molecular complexity index is 1410. The van der Waals surface area contributed by atoms with Crippen LogP contribution in [0.2, 0.25) is 10.0 Å². The molecule has 0 aliphatic rings. The maximum atomic E-state index is 12.8. The van der Waals surface area contributed by atoms with Gasteiger partial charge in [-0.15, -0.1) is 0 Å². The van der Waals surface area contributed by atoms with Gasteiger partial charge in [-0.1, -0.05) is 68.2 Å². The molecule has 0 saturated heterocycles. The number of sulfone groups is 1.